The van der Waals surface area contributed by atoms with E-state index < -0.39 is 0 Å². The van der Waals surface area contributed by atoms with E-state index >= 15 is 0 Å². The van der Waals surface area contributed by atoms with E-state index in [1.807, 2.05) is 36.4 Å². The first-order chi connectivity index (χ1) is 25.5. The lowest BCUT2D eigenvalue weighted by Crippen LogP contribution is -2.24. The lowest BCUT2D eigenvalue weighted by molar-refractivity contribution is -0.122. The highest BCUT2D eigenvalue weighted by Crippen LogP contribution is 2.32. The van der Waals surface area contributed by atoms with Gasteiger partial charge in [0.15, 0.2) is 11.2 Å². The summed E-state index contributed by atoms with van der Waals surface area (Å²) >= 11 is 0. The van der Waals surface area contributed by atoms with Gasteiger partial charge >= 0.3 is 0 Å². The number of nitrogens with one attached hydrogen (secondary N) is 1. The van der Waals surface area contributed by atoms with E-state index in [0.29, 0.717) is 133 Å². The molecule has 0 unspecified atom stereocenters. The molecule has 1 amide bonds. The Morgan fingerprint density at radius 3 is 1.98 bits per heavy atom. The molecule has 7 N–H and O–H groups in total. The molecule has 17 nitrogen and oxygen atoms in total. The van der Waals surface area contributed by atoms with Gasteiger partial charge in [0.05, 0.1) is 91.2 Å². The van der Waals surface area contributed by atoms with Crippen LogP contribution < -0.4 is 22.5 Å². The zero-order valence-electron chi connectivity index (χ0n) is 29.2. The first-order valence-electron chi connectivity index (χ1n) is 17.2. The van der Waals surface area contributed by atoms with Crippen LogP contribution in [0.25, 0.3) is 33.4 Å². The van der Waals surface area contributed by atoms with Crippen molar-refractivity contribution in [3.05, 3.63) is 59.9 Å². The monoisotopic (exact) mass is 721 g/mol. The van der Waals surface area contributed by atoms with E-state index in [0.717, 1.165) is 16.7 Å². The van der Waals surface area contributed by atoms with Crippen LogP contribution >= 0.6 is 0 Å². The first kappa shape index (κ1) is 38.5. The van der Waals surface area contributed by atoms with E-state index in [9.17, 15) is 4.79 Å². The van der Waals surface area contributed by atoms with Crippen LogP contribution in [0.15, 0.2) is 53.2 Å². The van der Waals surface area contributed by atoms with Crippen molar-refractivity contribution in [1.29, 1.82) is 0 Å². The predicted molar refractivity (Wildman–Crippen MR) is 193 cm³/mol. The van der Waals surface area contributed by atoms with Crippen molar-refractivity contribution < 1.29 is 37.6 Å². The molecule has 0 atom stereocenters. The minimum atomic E-state index is -0.0944. The molecular formula is C35H47N9O8. The van der Waals surface area contributed by atoms with Crippen LogP contribution in [0.4, 0.5) is 11.8 Å². The maximum atomic E-state index is 12.3. The summed E-state index contributed by atoms with van der Waals surface area (Å²) in [6.07, 6.45) is 1.68. The number of benzene rings is 2. The average Bonchev–Trinajstić information content (AvgIpc) is 3.72. The molecule has 0 spiro atoms. The number of hydrogen-bond acceptors (Lipinski definition) is 15. The minimum Gasteiger partial charge on any atom is -0.424 e. The van der Waals surface area contributed by atoms with Gasteiger partial charge < -0.3 is 55.4 Å². The fourth-order valence-electron chi connectivity index (χ4n) is 5.11. The summed E-state index contributed by atoms with van der Waals surface area (Å²) in [4.78, 5) is 25.2. The Morgan fingerprint density at radius 2 is 1.35 bits per heavy atom. The van der Waals surface area contributed by atoms with Crippen molar-refractivity contribution in [2.24, 2.45) is 5.73 Å². The quantitative estimate of drug-likeness (QED) is 0.0631. The minimum absolute atomic E-state index is 0.0944. The number of aromatic nitrogens is 5. The highest BCUT2D eigenvalue weighted by Gasteiger charge is 2.18. The second-order valence-electron chi connectivity index (χ2n) is 11.5. The summed E-state index contributed by atoms with van der Waals surface area (Å²) in [6, 6.07) is 13.5. The molecule has 0 fully saturated rings. The lowest BCUT2D eigenvalue weighted by atomic mass is 10.1. The number of ether oxygens (including phenoxy) is 6. The first-order valence-corrected chi connectivity index (χ1v) is 17.2. The Hall–Kier alpha value is -4.75. The molecule has 0 aliphatic heterocycles. The lowest BCUT2D eigenvalue weighted by Gasteiger charge is -2.09. The molecule has 0 radical (unpaired) electrons. The Kier molecular flexibility index (Phi) is 15.5. The van der Waals surface area contributed by atoms with E-state index in [-0.39, 0.29) is 18.3 Å². The van der Waals surface area contributed by atoms with Crippen molar-refractivity contribution in [2.45, 2.75) is 19.5 Å². The predicted octanol–water partition coefficient (Wildman–Crippen LogP) is 1.91. The molecule has 2 aromatic carbocycles. The number of anilines is 2. The molecule has 0 bridgehead atoms. The van der Waals surface area contributed by atoms with Crippen LogP contribution in [0.3, 0.4) is 0 Å². The van der Waals surface area contributed by atoms with Gasteiger partial charge in [-0.25, -0.2) is 14.6 Å². The Labute approximate surface area is 301 Å². The molecule has 0 saturated carbocycles. The summed E-state index contributed by atoms with van der Waals surface area (Å²) in [5, 5.41) is 8.43. The average molecular weight is 722 g/mol. The molecule has 5 aromatic rings. The van der Waals surface area contributed by atoms with Gasteiger partial charge in [-0.05, 0) is 29.3 Å². The van der Waals surface area contributed by atoms with Crippen molar-refractivity contribution in [3.8, 4) is 11.3 Å². The second-order valence-corrected chi connectivity index (χ2v) is 11.5. The zero-order chi connectivity index (χ0) is 36.4. The number of nitrogen functional groups attached to an aromatic ring is 2. The van der Waals surface area contributed by atoms with Crippen LogP contribution in [0.5, 0.6) is 0 Å². The van der Waals surface area contributed by atoms with Gasteiger partial charge in [-0.2, -0.15) is 10.1 Å². The van der Waals surface area contributed by atoms with Crippen LogP contribution in [0.1, 0.15) is 17.5 Å². The number of fused-ring (bicyclic) bond motifs is 2. The van der Waals surface area contributed by atoms with Gasteiger partial charge in [-0.3, -0.25) is 4.79 Å². The Bertz CT molecular complexity index is 1820. The summed E-state index contributed by atoms with van der Waals surface area (Å²) in [7, 11) is 0. The smallest absolute Gasteiger partial charge is 0.292 e. The molecule has 0 saturated heterocycles. The number of hydrogen-bond donors (Lipinski definition) is 4. The molecule has 5 rings (SSSR count). The van der Waals surface area contributed by atoms with Crippen LogP contribution in [-0.4, -0.2) is 116 Å². The van der Waals surface area contributed by atoms with Crippen LogP contribution in [0.2, 0.25) is 0 Å². The van der Waals surface area contributed by atoms with E-state index in [4.69, 9.17) is 55.1 Å². The molecule has 17 heteroatoms. The van der Waals surface area contributed by atoms with Gasteiger partial charge in [0.1, 0.15) is 23.4 Å². The Morgan fingerprint density at radius 1 is 0.750 bits per heavy atom. The van der Waals surface area contributed by atoms with E-state index in [1.54, 1.807) is 10.7 Å². The van der Waals surface area contributed by atoms with Crippen molar-refractivity contribution in [1.82, 2.24) is 30.0 Å². The summed E-state index contributed by atoms with van der Waals surface area (Å²) in [5.74, 6) is 0.234. The third-order valence-electron chi connectivity index (χ3n) is 7.68. The van der Waals surface area contributed by atoms with Crippen LogP contribution in [-0.2, 0) is 46.3 Å². The zero-order valence-corrected chi connectivity index (χ0v) is 29.2. The summed E-state index contributed by atoms with van der Waals surface area (Å²) < 4.78 is 39.7. The number of nitrogens with two attached hydrogens (primary N) is 3. The highest BCUT2D eigenvalue weighted by atomic mass is 16.6. The molecule has 0 aliphatic carbocycles. The maximum Gasteiger partial charge on any atom is 0.292 e. The van der Waals surface area contributed by atoms with Crippen molar-refractivity contribution in [2.75, 3.05) is 97.3 Å². The number of oxazole rings is 1. The van der Waals surface area contributed by atoms with Gasteiger partial charge in [-0.1, -0.05) is 24.3 Å². The number of carbonyl (C=O) groups is 1. The molecule has 3 heterocycles. The second kappa shape index (κ2) is 20.9. The molecule has 0 aliphatic rings. The van der Waals surface area contributed by atoms with Gasteiger partial charge in [0, 0.05) is 25.1 Å². The fraction of sp³-hybridized carbons (Fsp3) is 0.457. The van der Waals surface area contributed by atoms with Gasteiger partial charge in [0.2, 0.25) is 5.91 Å². The van der Waals surface area contributed by atoms with Gasteiger partial charge in [-0.15, -0.1) is 0 Å². The molecule has 52 heavy (non-hydrogen) atoms. The van der Waals surface area contributed by atoms with E-state index in [1.165, 1.54) is 6.33 Å². The summed E-state index contributed by atoms with van der Waals surface area (Å²) in [5.41, 5.74) is 22.5. The number of nitrogens with zero attached hydrogens (tertiary/aromatic N) is 5. The number of amides is 1. The maximum absolute atomic E-state index is 12.3. The normalized spacial score (nSPS) is 11.6. The standard InChI is InChI=1S/C35H47N9O8/c36-8-10-47-12-14-49-16-18-51-20-19-50-17-15-48-13-11-46-9-7-30(45)39-22-25-1-3-26(4-2-25)23-44-34-31(33(37)40-24-41-34)32(43-44)27-5-6-29-28(21-27)42-35(38)52-29/h1-6,21,24H,7-20,22-23,36H2,(H2,38,42)(H,39,45)(H2,37,40,41). The van der Waals surface area contributed by atoms with E-state index in [2.05, 4.69) is 20.3 Å². The SMILES string of the molecule is NCCOCCOCCOCCOCCOCCOCCC(=O)NCc1ccc(Cn2nc(-c3ccc4oc(N)nc4c3)c3c(N)ncnc32)cc1. The third-order valence-corrected chi connectivity index (χ3v) is 7.68. The third kappa shape index (κ3) is 11.9. The number of carbonyl (C=O) groups excluding carboxylic acids is 1. The Balaban J connectivity index is 0.930. The van der Waals surface area contributed by atoms with Gasteiger partial charge in [0.25, 0.3) is 6.01 Å². The topological polar surface area (TPSA) is 232 Å². The fourth-order valence-corrected chi connectivity index (χ4v) is 5.11. The molecule has 280 valence electrons. The molecular weight excluding hydrogens is 674 g/mol. The highest BCUT2D eigenvalue weighted by molar-refractivity contribution is 5.99. The number of rotatable bonds is 25. The van der Waals surface area contributed by atoms with Crippen molar-refractivity contribution >= 4 is 39.9 Å². The largest absolute Gasteiger partial charge is 0.424 e. The summed E-state index contributed by atoms with van der Waals surface area (Å²) in [6.45, 7) is 6.99. The van der Waals surface area contributed by atoms with Crippen LogP contribution in [0, 0.1) is 0 Å². The molecule has 3 aromatic heterocycles. The van der Waals surface area contributed by atoms with Crippen molar-refractivity contribution in [3.63, 3.8) is 0 Å².